The fourth-order valence-corrected chi connectivity index (χ4v) is 3.82. The standard InChI is InChI=1S/C16H24N2/c17-15-9-3-1-7-14(15)12-18-11-5-8-13-6-2-4-10-16(13)18/h1,3,7,9,13,16H,2,4-6,8,10-12,17H2/t13-,16-/m1/s1. The van der Waals surface area contributed by atoms with Crippen molar-refractivity contribution in [2.75, 3.05) is 12.3 Å². The number of nitrogen functional groups attached to an aromatic ring is 1. The number of hydrogen-bond acceptors (Lipinski definition) is 2. The van der Waals surface area contributed by atoms with E-state index in [1.807, 2.05) is 12.1 Å². The van der Waals surface area contributed by atoms with Crippen molar-refractivity contribution >= 4 is 5.69 Å². The second-order valence-corrected chi connectivity index (χ2v) is 5.92. The molecule has 1 aliphatic heterocycles. The Labute approximate surface area is 110 Å². The molecular formula is C16H24N2. The van der Waals surface area contributed by atoms with Crippen molar-refractivity contribution in [3.05, 3.63) is 29.8 Å². The molecule has 0 aromatic heterocycles. The van der Waals surface area contributed by atoms with E-state index in [0.29, 0.717) is 0 Å². The Morgan fingerprint density at radius 1 is 1.06 bits per heavy atom. The molecule has 0 radical (unpaired) electrons. The minimum absolute atomic E-state index is 0.826. The van der Waals surface area contributed by atoms with E-state index in [1.54, 1.807) is 0 Å². The lowest BCUT2D eigenvalue weighted by Gasteiger charge is -2.44. The third kappa shape index (κ3) is 2.39. The Morgan fingerprint density at radius 2 is 1.83 bits per heavy atom. The summed E-state index contributed by atoms with van der Waals surface area (Å²) in [7, 11) is 0. The summed E-state index contributed by atoms with van der Waals surface area (Å²) in [6.45, 7) is 2.31. The van der Waals surface area contributed by atoms with Crippen molar-refractivity contribution in [2.24, 2.45) is 5.92 Å². The number of rotatable bonds is 2. The predicted molar refractivity (Wildman–Crippen MR) is 76.2 cm³/mol. The maximum Gasteiger partial charge on any atom is 0.0359 e. The smallest absolute Gasteiger partial charge is 0.0359 e. The molecule has 2 aliphatic rings. The van der Waals surface area contributed by atoms with Crippen molar-refractivity contribution in [1.82, 2.24) is 4.90 Å². The number of nitrogens with two attached hydrogens (primary N) is 1. The lowest BCUT2D eigenvalue weighted by Crippen LogP contribution is -2.46. The van der Waals surface area contributed by atoms with Crippen LogP contribution in [0.3, 0.4) is 0 Å². The highest BCUT2D eigenvalue weighted by Crippen LogP contribution is 2.36. The molecule has 0 bridgehead atoms. The first-order chi connectivity index (χ1) is 8.84. The van der Waals surface area contributed by atoms with E-state index in [4.69, 9.17) is 5.73 Å². The highest BCUT2D eigenvalue weighted by atomic mass is 15.2. The summed E-state index contributed by atoms with van der Waals surface area (Å²) in [5, 5.41) is 0. The fourth-order valence-electron chi connectivity index (χ4n) is 3.82. The Kier molecular flexibility index (Phi) is 3.55. The third-order valence-electron chi connectivity index (χ3n) is 4.79. The van der Waals surface area contributed by atoms with Crippen LogP contribution in [0.4, 0.5) is 5.69 Å². The van der Waals surface area contributed by atoms with Gasteiger partial charge in [-0.25, -0.2) is 0 Å². The van der Waals surface area contributed by atoms with Gasteiger partial charge in [0.15, 0.2) is 0 Å². The summed E-state index contributed by atoms with van der Waals surface area (Å²) in [5.41, 5.74) is 8.34. The topological polar surface area (TPSA) is 29.3 Å². The first kappa shape index (κ1) is 12.0. The monoisotopic (exact) mass is 244 g/mol. The second-order valence-electron chi connectivity index (χ2n) is 5.92. The van der Waals surface area contributed by atoms with Gasteiger partial charge >= 0.3 is 0 Å². The van der Waals surface area contributed by atoms with E-state index in [-0.39, 0.29) is 0 Å². The normalized spacial score (nSPS) is 28.9. The average molecular weight is 244 g/mol. The van der Waals surface area contributed by atoms with Crippen molar-refractivity contribution in [3.63, 3.8) is 0 Å². The number of fused-ring (bicyclic) bond motifs is 1. The average Bonchev–Trinajstić information content (AvgIpc) is 2.42. The van der Waals surface area contributed by atoms with Gasteiger partial charge < -0.3 is 5.73 Å². The molecule has 2 nitrogen and oxygen atoms in total. The molecule has 3 rings (SSSR count). The van der Waals surface area contributed by atoms with Gasteiger partial charge in [-0.2, -0.15) is 0 Å². The molecule has 2 heteroatoms. The van der Waals surface area contributed by atoms with Crippen LogP contribution >= 0.6 is 0 Å². The Hall–Kier alpha value is -1.02. The van der Waals surface area contributed by atoms with E-state index in [1.165, 1.54) is 50.6 Å². The highest BCUT2D eigenvalue weighted by Gasteiger charge is 2.32. The molecule has 18 heavy (non-hydrogen) atoms. The lowest BCUT2D eigenvalue weighted by atomic mass is 9.78. The van der Waals surface area contributed by atoms with E-state index >= 15 is 0 Å². The van der Waals surface area contributed by atoms with Crippen molar-refractivity contribution in [2.45, 2.75) is 51.1 Å². The van der Waals surface area contributed by atoms with Gasteiger partial charge in [0.25, 0.3) is 0 Å². The minimum Gasteiger partial charge on any atom is -0.398 e. The van der Waals surface area contributed by atoms with Crippen molar-refractivity contribution < 1.29 is 0 Å². The van der Waals surface area contributed by atoms with Crippen LogP contribution in [0.2, 0.25) is 0 Å². The van der Waals surface area contributed by atoms with E-state index in [0.717, 1.165) is 24.2 Å². The molecule has 1 aliphatic carbocycles. The lowest BCUT2D eigenvalue weighted by molar-refractivity contribution is 0.0549. The number of para-hydroxylation sites is 1. The summed E-state index contributed by atoms with van der Waals surface area (Å²) in [5.74, 6) is 0.956. The SMILES string of the molecule is Nc1ccccc1CN1CCC[C@H]2CCCC[C@H]21. The Balaban J connectivity index is 1.73. The van der Waals surface area contributed by atoms with Crippen LogP contribution in [0.25, 0.3) is 0 Å². The van der Waals surface area contributed by atoms with Gasteiger partial charge in [0.2, 0.25) is 0 Å². The molecule has 1 heterocycles. The molecule has 0 spiro atoms. The largest absolute Gasteiger partial charge is 0.398 e. The van der Waals surface area contributed by atoms with Gasteiger partial charge in [0, 0.05) is 18.3 Å². The summed E-state index contributed by atoms with van der Waals surface area (Å²) >= 11 is 0. The molecule has 98 valence electrons. The van der Waals surface area contributed by atoms with E-state index in [2.05, 4.69) is 17.0 Å². The van der Waals surface area contributed by atoms with Crippen LogP contribution in [-0.2, 0) is 6.54 Å². The van der Waals surface area contributed by atoms with E-state index in [9.17, 15) is 0 Å². The van der Waals surface area contributed by atoms with Crippen molar-refractivity contribution in [1.29, 1.82) is 0 Å². The van der Waals surface area contributed by atoms with Crippen LogP contribution in [0, 0.1) is 5.92 Å². The zero-order valence-electron chi connectivity index (χ0n) is 11.1. The van der Waals surface area contributed by atoms with Crippen LogP contribution in [-0.4, -0.2) is 17.5 Å². The summed E-state index contributed by atoms with van der Waals surface area (Å²) in [4.78, 5) is 2.69. The maximum absolute atomic E-state index is 6.08. The van der Waals surface area contributed by atoms with Crippen molar-refractivity contribution in [3.8, 4) is 0 Å². The minimum atomic E-state index is 0.826. The van der Waals surface area contributed by atoms with Crippen LogP contribution in [0.15, 0.2) is 24.3 Å². The molecule has 1 saturated heterocycles. The van der Waals surface area contributed by atoms with E-state index < -0.39 is 0 Å². The van der Waals surface area contributed by atoms with Gasteiger partial charge in [-0.15, -0.1) is 0 Å². The first-order valence-corrected chi connectivity index (χ1v) is 7.42. The molecule has 2 N–H and O–H groups in total. The zero-order valence-corrected chi connectivity index (χ0v) is 11.1. The third-order valence-corrected chi connectivity index (χ3v) is 4.79. The predicted octanol–water partition coefficient (Wildman–Crippen LogP) is 3.42. The molecule has 1 aromatic rings. The maximum atomic E-state index is 6.08. The molecule has 0 amide bonds. The number of benzene rings is 1. The quantitative estimate of drug-likeness (QED) is 0.808. The van der Waals surface area contributed by atoms with Crippen LogP contribution < -0.4 is 5.73 Å². The molecule has 1 saturated carbocycles. The molecule has 0 unspecified atom stereocenters. The Morgan fingerprint density at radius 3 is 2.72 bits per heavy atom. The second kappa shape index (κ2) is 5.31. The fraction of sp³-hybridized carbons (Fsp3) is 0.625. The summed E-state index contributed by atoms with van der Waals surface area (Å²) < 4.78 is 0. The number of anilines is 1. The van der Waals surface area contributed by atoms with Gasteiger partial charge in [0.1, 0.15) is 0 Å². The first-order valence-electron chi connectivity index (χ1n) is 7.42. The molecule has 2 atom stereocenters. The van der Waals surface area contributed by atoms with Gasteiger partial charge in [0.05, 0.1) is 0 Å². The summed E-state index contributed by atoms with van der Waals surface area (Å²) in [6.07, 6.45) is 8.53. The van der Waals surface area contributed by atoms with Crippen LogP contribution in [0.1, 0.15) is 44.1 Å². The van der Waals surface area contributed by atoms with Gasteiger partial charge in [-0.3, -0.25) is 4.90 Å². The van der Waals surface area contributed by atoms with Gasteiger partial charge in [-0.05, 0) is 49.8 Å². The summed E-state index contributed by atoms with van der Waals surface area (Å²) in [6, 6.07) is 9.17. The van der Waals surface area contributed by atoms with Crippen LogP contribution in [0.5, 0.6) is 0 Å². The Bertz CT molecular complexity index is 400. The molecular weight excluding hydrogens is 220 g/mol. The van der Waals surface area contributed by atoms with Gasteiger partial charge in [-0.1, -0.05) is 31.0 Å². The number of nitrogens with zero attached hydrogens (tertiary/aromatic N) is 1. The number of piperidine rings is 1. The number of hydrogen-bond donors (Lipinski definition) is 1. The highest BCUT2D eigenvalue weighted by molar-refractivity contribution is 5.46. The zero-order chi connectivity index (χ0) is 12.4. The number of likely N-dealkylation sites (tertiary alicyclic amines) is 1. The molecule has 1 aromatic carbocycles. The molecule has 2 fully saturated rings.